The predicted molar refractivity (Wildman–Crippen MR) is 65.3 cm³/mol. The average Bonchev–Trinajstić information content (AvgIpc) is 3.06. The summed E-state index contributed by atoms with van der Waals surface area (Å²) in [7, 11) is 0. The number of hydrogen-bond acceptors (Lipinski definition) is 2. The quantitative estimate of drug-likeness (QED) is 0.828. The zero-order valence-electron chi connectivity index (χ0n) is 8.82. The van der Waals surface area contributed by atoms with Gasteiger partial charge in [0.05, 0.1) is 12.6 Å². The zero-order chi connectivity index (χ0) is 11.6. The van der Waals surface area contributed by atoms with Crippen LogP contribution in [0.25, 0.3) is 0 Å². The molecule has 0 heterocycles. The molecule has 1 aromatic carbocycles. The molecule has 0 aromatic heterocycles. The number of halogens is 1. The number of aliphatic hydroxyl groups excluding tert-OH is 1. The van der Waals surface area contributed by atoms with Gasteiger partial charge in [-0.2, -0.15) is 0 Å². The molecule has 0 radical (unpaired) electrons. The summed E-state index contributed by atoms with van der Waals surface area (Å²) in [5.41, 5.74) is 0.926. The van der Waals surface area contributed by atoms with Gasteiger partial charge in [-0.05, 0) is 18.4 Å². The van der Waals surface area contributed by atoms with Crippen molar-refractivity contribution in [3.05, 3.63) is 35.9 Å². The highest BCUT2D eigenvalue weighted by molar-refractivity contribution is 9.10. The Bertz CT molecular complexity index is 376. The highest BCUT2D eigenvalue weighted by atomic mass is 79.9. The Kier molecular flexibility index (Phi) is 3.30. The van der Waals surface area contributed by atoms with Crippen LogP contribution in [0.5, 0.6) is 0 Å². The maximum absolute atomic E-state index is 11.8. The normalized spacial score (nSPS) is 18.9. The number of nitrogens with one attached hydrogen (secondary N) is 1. The number of alkyl halides is 1. The summed E-state index contributed by atoms with van der Waals surface area (Å²) in [6.07, 6.45) is 1.73. The van der Waals surface area contributed by atoms with Crippen molar-refractivity contribution >= 4 is 21.8 Å². The van der Waals surface area contributed by atoms with Gasteiger partial charge < -0.3 is 10.4 Å². The largest absolute Gasteiger partial charge is 0.394 e. The van der Waals surface area contributed by atoms with E-state index in [1.54, 1.807) is 0 Å². The van der Waals surface area contributed by atoms with Gasteiger partial charge in [-0.15, -0.1) is 0 Å². The number of carbonyl (C=O) groups excluding carboxylic acids is 1. The zero-order valence-corrected chi connectivity index (χ0v) is 10.4. The number of benzene rings is 1. The van der Waals surface area contributed by atoms with E-state index >= 15 is 0 Å². The molecule has 1 saturated carbocycles. The minimum atomic E-state index is -0.380. The Hall–Kier alpha value is -0.870. The van der Waals surface area contributed by atoms with Gasteiger partial charge >= 0.3 is 0 Å². The molecule has 2 rings (SSSR count). The SMILES string of the molecule is O=C(NC(CO)c1ccccc1)C1(Br)CC1. The van der Waals surface area contributed by atoms with Crippen molar-refractivity contribution in [2.24, 2.45) is 0 Å². The van der Waals surface area contributed by atoms with Crippen LogP contribution in [0.3, 0.4) is 0 Å². The maximum atomic E-state index is 11.8. The highest BCUT2D eigenvalue weighted by Crippen LogP contribution is 2.44. The Labute approximate surface area is 103 Å². The van der Waals surface area contributed by atoms with E-state index in [2.05, 4.69) is 21.2 Å². The molecule has 16 heavy (non-hydrogen) atoms. The minimum absolute atomic E-state index is 0.0320. The summed E-state index contributed by atoms with van der Waals surface area (Å²) >= 11 is 3.39. The molecule has 4 heteroatoms. The molecule has 0 saturated heterocycles. The molecule has 0 aliphatic heterocycles. The first-order valence-electron chi connectivity index (χ1n) is 5.31. The third-order valence-electron chi connectivity index (χ3n) is 2.79. The lowest BCUT2D eigenvalue weighted by atomic mass is 10.1. The molecule has 2 N–H and O–H groups in total. The van der Waals surface area contributed by atoms with Gasteiger partial charge in [0.1, 0.15) is 4.32 Å². The van der Waals surface area contributed by atoms with Crippen molar-refractivity contribution < 1.29 is 9.90 Å². The van der Waals surface area contributed by atoms with E-state index in [9.17, 15) is 9.90 Å². The van der Waals surface area contributed by atoms with Crippen molar-refractivity contribution in [1.29, 1.82) is 0 Å². The molecular weight excluding hydrogens is 270 g/mol. The first-order chi connectivity index (χ1) is 7.65. The molecule has 1 atom stereocenters. The van der Waals surface area contributed by atoms with E-state index in [0.717, 1.165) is 18.4 Å². The molecule has 3 nitrogen and oxygen atoms in total. The summed E-state index contributed by atoms with van der Waals surface area (Å²) in [6.45, 7) is -0.0845. The second kappa shape index (κ2) is 4.55. The van der Waals surface area contributed by atoms with Gasteiger partial charge in [0, 0.05) is 0 Å². The van der Waals surface area contributed by atoms with Crippen LogP contribution in [0.1, 0.15) is 24.4 Å². The van der Waals surface area contributed by atoms with Crippen LogP contribution in [0.15, 0.2) is 30.3 Å². The standard InChI is InChI=1S/C12H14BrNO2/c13-12(6-7-12)11(16)14-10(8-15)9-4-2-1-3-5-9/h1-5,10,15H,6-8H2,(H,14,16). The fourth-order valence-corrected chi connectivity index (χ4v) is 1.86. The molecule has 1 unspecified atom stereocenters. The second-order valence-electron chi connectivity index (χ2n) is 4.08. The fraction of sp³-hybridized carbons (Fsp3) is 0.417. The summed E-state index contributed by atoms with van der Waals surface area (Å²) in [6, 6.07) is 9.18. The van der Waals surface area contributed by atoms with Gasteiger partial charge in [0.2, 0.25) is 5.91 Å². The topological polar surface area (TPSA) is 49.3 Å². The molecule has 1 amide bonds. The van der Waals surface area contributed by atoms with E-state index in [-0.39, 0.29) is 22.9 Å². The van der Waals surface area contributed by atoms with Crippen molar-refractivity contribution in [2.45, 2.75) is 23.2 Å². The smallest absolute Gasteiger partial charge is 0.237 e. The van der Waals surface area contributed by atoms with E-state index in [1.807, 2.05) is 30.3 Å². The number of aliphatic hydroxyl groups is 1. The monoisotopic (exact) mass is 283 g/mol. The molecular formula is C12H14BrNO2. The number of amides is 1. The van der Waals surface area contributed by atoms with E-state index in [4.69, 9.17) is 0 Å². The number of hydrogen-bond donors (Lipinski definition) is 2. The molecule has 86 valence electrons. The van der Waals surface area contributed by atoms with Crippen LogP contribution in [0.4, 0.5) is 0 Å². The van der Waals surface area contributed by atoms with E-state index in [1.165, 1.54) is 0 Å². The molecule has 0 bridgehead atoms. The Morgan fingerprint density at radius 2 is 2.06 bits per heavy atom. The number of rotatable bonds is 4. The van der Waals surface area contributed by atoms with Crippen LogP contribution in [0, 0.1) is 0 Å². The molecule has 0 spiro atoms. The maximum Gasteiger partial charge on any atom is 0.237 e. The van der Waals surface area contributed by atoms with Crippen LogP contribution in [0.2, 0.25) is 0 Å². The van der Waals surface area contributed by atoms with Gasteiger partial charge in [-0.25, -0.2) is 0 Å². The first kappa shape index (κ1) is 11.6. The fourth-order valence-electron chi connectivity index (χ4n) is 1.54. The van der Waals surface area contributed by atoms with Gasteiger partial charge in [-0.1, -0.05) is 46.3 Å². The lowest BCUT2D eigenvalue weighted by Crippen LogP contribution is -2.37. The Morgan fingerprint density at radius 3 is 2.56 bits per heavy atom. The summed E-state index contributed by atoms with van der Waals surface area (Å²) in [5.74, 6) is -0.0320. The lowest BCUT2D eigenvalue weighted by molar-refractivity contribution is -0.122. The number of carbonyl (C=O) groups is 1. The van der Waals surface area contributed by atoms with Crippen LogP contribution in [-0.2, 0) is 4.79 Å². The van der Waals surface area contributed by atoms with Gasteiger partial charge in [0.25, 0.3) is 0 Å². The van der Waals surface area contributed by atoms with Crippen LogP contribution < -0.4 is 5.32 Å². The van der Waals surface area contributed by atoms with Crippen molar-refractivity contribution in [3.63, 3.8) is 0 Å². The second-order valence-corrected chi connectivity index (χ2v) is 5.60. The molecule has 1 aromatic rings. The van der Waals surface area contributed by atoms with E-state index < -0.39 is 0 Å². The Balaban J connectivity index is 2.04. The Morgan fingerprint density at radius 1 is 1.44 bits per heavy atom. The van der Waals surface area contributed by atoms with Gasteiger partial charge in [0.15, 0.2) is 0 Å². The summed E-state index contributed by atoms with van der Waals surface area (Å²) < 4.78 is -0.380. The van der Waals surface area contributed by atoms with Crippen molar-refractivity contribution in [3.8, 4) is 0 Å². The molecule has 1 fully saturated rings. The van der Waals surface area contributed by atoms with Crippen LogP contribution >= 0.6 is 15.9 Å². The van der Waals surface area contributed by atoms with Crippen LogP contribution in [-0.4, -0.2) is 21.9 Å². The average molecular weight is 284 g/mol. The van der Waals surface area contributed by atoms with Crippen molar-refractivity contribution in [1.82, 2.24) is 5.32 Å². The lowest BCUT2D eigenvalue weighted by Gasteiger charge is -2.18. The summed E-state index contributed by atoms with van der Waals surface area (Å²) in [4.78, 5) is 11.8. The van der Waals surface area contributed by atoms with E-state index in [0.29, 0.717) is 0 Å². The molecule has 1 aliphatic carbocycles. The third kappa shape index (κ3) is 2.44. The molecule has 1 aliphatic rings. The third-order valence-corrected chi connectivity index (χ3v) is 3.94. The predicted octanol–water partition coefficient (Wildman–Crippen LogP) is 1.76. The first-order valence-corrected chi connectivity index (χ1v) is 6.11. The van der Waals surface area contributed by atoms with Crippen molar-refractivity contribution in [2.75, 3.05) is 6.61 Å². The minimum Gasteiger partial charge on any atom is -0.394 e. The van der Waals surface area contributed by atoms with Gasteiger partial charge in [-0.3, -0.25) is 4.79 Å². The summed E-state index contributed by atoms with van der Waals surface area (Å²) in [5, 5.41) is 12.1. The highest BCUT2D eigenvalue weighted by Gasteiger charge is 2.47.